The lowest BCUT2D eigenvalue weighted by Crippen LogP contribution is -2.49. The van der Waals surface area contributed by atoms with Gasteiger partial charge in [0.2, 0.25) is 5.95 Å². The average Bonchev–Trinajstić information content (AvgIpc) is 3.35. The molecule has 4 aromatic rings. The molecule has 3 aromatic heterocycles. The molecular weight excluding hydrogens is 396 g/mol. The first kappa shape index (κ1) is 18.7. The van der Waals surface area contributed by atoms with Crippen LogP contribution in [0.1, 0.15) is 21.7 Å². The minimum Gasteiger partial charge on any atom is -0.337 e. The topological polar surface area (TPSA) is 67.2 Å². The van der Waals surface area contributed by atoms with Gasteiger partial charge in [-0.1, -0.05) is 11.3 Å². The molecule has 0 aliphatic carbocycles. The third-order valence-corrected chi connectivity index (χ3v) is 6.49. The van der Waals surface area contributed by atoms with Crippen molar-refractivity contribution in [3.8, 4) is 5.13 Å². The number of carbonyl (C=O) groups excluding carboxylic acids is 1. The minimum atomic E-state index is 0.0637. The van der Waals surface area contributed by atoms with E-state index < -0.39 is 0 Å². The van der Waals surface area contributed by atoms with Gasteiger partial charge >= 0.3 is 0 Å². The molecule has 1 aliphatic heterocycles. The summed E-state index contributed by atoms with van der Waals surface area (Å²) in [7, 11) is 0. The Hall–Kier alpha value is -3.26. The zero-order chi connectivity index (χ0) is 20.7. The van der Waals surface area contributed by atoms with E-state index in [1.807, 2.05) is 29.2 Å². The van der Waals surface area contributed by atoms with Crippen LogP contribution in [0.2, 0.25) is 0 Å². The number of hydrogen-bond acceptors (Lipinski definition) is 6. The average molecular weight is 419 g/mol. The number of hydrogen-bond donors (Lipinski definition) is 0. The van der Waals surface area contributed by atoms with Crippen molar-refractivity contribution in [2.45, 2.75) is 13.8 Å². The third-order valence-electron chi connectivity index (χ3n) is 5.49. The summed E-state index contributed by atoms with van der Waals surface area (Å²) in [5.41, 5.74) is 3.94. The number of aryl methyl sites for hydroxylation is 2. The minimum absolute atomic E-state index is 0.0637. The molecule has 1 fully saturated rings. The van der Waals surface area contributed by atoms with Gasteiger partial charge in [0.15, 0.2) is 5.13 Å². The van der Waals surface area contributed by atoms with Gasteiger partial charge in [0.05, 0.1) is 10.2 Å². The molecule has 0 saturated carbocycles. The number of benzene rings is 1. The molecule has 8 heteroatoms. The second kappa shape index (κ2) is 7.53. The summed E-state index contributed by atoms with van der Waals surface area (Å²) >= 11 is 1.62. The van der Waals surface area contributed by atoms with Crippen molar-refractivity contribution in [2.75, 3.05) is 31.1 Å². The van der Waals surface area contributed by atoms with Gasteiger partial charge in [0.25, 0.3) is 5.91 Å². The lowest BCUT2D eigenvalue weighted by molar-refractivity contribution is 0.0746. The molecule has 0 N–H and O–H groups in total. The number of anilines is 1. The zero-order valence-electron chi connectivity index (χ0n) is 16.9. The highest BCUT2D eigenvalue weighted by Gasteiger charge is 2.24. The summed E-state index contributed by atoms with van der Waals surface area (Å²) in [6, 6.07) is 11.8. The molecule has 0 spiro atoms. The normalized spacial score (nSPS) is 14.5. The fourth-order valence-corrected chi connectivity index (χ4v) is 4.98. The van der Waals surface area contributed by atoms with Gasteiger partial charge in [-0.3, -0.25) is 9.36 Å². The predicted octanol–water partition coefficient (Wildman–Crippen LogP) is 3.46. The van der Waals surface area contributed by atoms with Gasteiger partial charge in [-0.25, -0.2) is 15.0 Å². The summed E-state index contributed by atoms with van der Waals surface area (Å²) in [4.78, 5) is 30.5. The third kappa shape index (κ3) is 3.33. The highest BCUT2D eigenvalue weighted by molar-refractivity contribution is 7.20. The first-order chi connectivity index (χ1) is 14.6. The lowest BCUT2D eigenvalue weighted by Gasteiger charge is -2.34. The van der Waals surface area contributed by atoms with Crippen LogP contribution in [0, 0.1) is 13.8 Å². The first-order valence-electron chi connectivity index (χ1n) is 9.97. The van der Waals surface area contributed by atoms with Gasteiger partial charge < -0.3 is 9.80 Å². The number of amides is 1. The Morgan fingerprint density at radius 2 is 1.67 bits per heavy atom. The SMILES string of the molecule is Cc1ccc(C)n1-c1nc2ccc(C(=O)N3CCN(c4ncccn4)CC3)cc2s1. The van der Waals surface area contributed by atoms with Crippen LogP contribution in [0.25, 0.3) is 15.3 Å². The maximum atomic E-state index is 13.1. The van der Waals surface area contributed by atoms with Crippen LogP contribution in [0.15, 0.2) is 48.8 Å². The second-order valence-electron chi connectivity index (χ2n) is 7.46. The summed E-state index contributed by atoms with van der Waals surface area (Å²) in [5, 5.41) is 0.936. The number of piperazine rings is 1. The van der Waals surface area contributed by atoms with Crippen molar-refractivity contribution in [1.82, 2.24) is 24.4 Å². The molecule has 1 saturated heterocycles. The van der Waals surface area contributed by atoms with Crippen LogP contribution >= 0.6 is 11.3 Å². The van der Waals surface area contributed by atoms with E-state index in [2.05, 4.69) is 45.4 Å². The Labute approximate surface area is 178 Å². The van der Waals surface area contributed by atoms with E-state index in [0.29, 0.717) is 18.7 Å². The van der Waals surface area contributed by atoms with Crippen molar-refractivity contribution in [3.05, 3.63) is 65.7 Å². The van der Waals surface area contributed by atoms with Crippen LogP contribution in [0.3, 0.4) is 0 Å². The molecule has 0 atom stereocenters. The van der Waals surface area contributed by atoms with Crippen LogP contribution in [0.4, 0.5) is 5.95 Å². The highest BCUT2D eigenvalue weighted by atomic mass is 32.1. The van der Waals surface area contributed by atoms with Crippen molar-refractivity contribution < 1.29 is 4.79 Å². The maximum Gasteiger partial charge on any atom is 0.254 e. The molecule has 4 heterocycles. The van der Waals surface area contributed by atoms with E-state index in [-0.39, 0.29) is 5.91 Å². The summed E-state index contributed by atoms with van der Waals surface area (Å²) < 4.78 is 3.18. The van der Waals surface area contributed by atoms with Crippen molar-refractivity contribution in [2.24, 2.45) is 0 Å². The van der Waals surface area contributed by atoms with Crippen molar-refractivity contribution >= 4 is 33.4 Å². The Morgan fingerprint density at radius 1 is 0.967 bits per heavy atom. The maximum absolute atomic E-state index is 13.1. The van der Waals surface area contributed by atoms with Crippen molar-refractivity contribution in [3.63, 3.8) is 0 Å². The Balaban J connectivity index is 1.34. The van der Waals surface area contributed by atoms with Crippen LogP contribution in [-0.4, -0.2) is 56.5 Å². The fourth-order valence-electron chi connectivity index (χ4n) is 3.86. The second-order valence-corrected chi connectivity index (χ2v) is 8.47. The fraction of sp³-hybridized carbons (Fsp3) is 0.273. The number of aromatic nitrogens is 4. The molecule has 1 amide bonds. The van der Waals surface area contributed by atoms with E-state index in [0.717, 1.165) is 45.8 Å². The predicted molar refractivity (Wildman–Crippen MR) is 119 cm³/mol. The van der Waals surface area contributed by atoms with E-state index in [9.17, 15) is 4.79 Å². The molecular formula is C22H22N6OS. The summed E-state index contributed by atoms with van der Waals surface area (Å²) in [6.07, 6.45) is 3.49. The number of nitrogens with zero attached hydrogens (tertiary/aromatic N) is 6. The zero-order valence-corrected chi connectivity index (χ0v) is 17.8. The molecule has 30 heavy (non-hydrogen) atoms. The molecule has 7 nitrogen and oxygen atoms in total. The van der Waals surface area contributed by atoms with Gasteiger partial charge in [-0.15, -0.1) is 0 Å². The Morgan fingerprint density at radius 3 is 2.37 bits per heavy atom. The number of rotatable bonds is 3. The summed E-state index contributed by atoms with van der Waals surface area (Å²) in [6.45, 7) is 6.93. The van der Waals surface area contributed by atoms with E-state index in [4.69, 9.17) is 4.98 Å². The van der Waals surface area contributed by atoms with Crippen LogP contribution < -0.4 is 4.90 Å². The standard InChI is InChI=1S/C22H22N6OS/c1-15-4-5-16(2)28(15)22-25-18-7-6-17(14-19(18)30-22)20(29)26-10-12-27(13-11-26)21-23-8-3-9-24-21/h3-9,14H,10-13H2,1-2H3. The lowest BCUT2D eigenvalue weighted by atomic mass is 10.1. The quantitative estimate of drug-likeness (QED) is 0.510. The first-order valence-corrected chi connectivity index (χ1v) is 10.8. The van der Waals surface area contributed by atoms with E-state index in [1.54, 1.807) is 23.7 Å². The van der Waals surface area contributed by atoms with Gasteiger partial charge in [-0.2, -0.15) is 0 Å². The number of carbonyl (C=O) groups is 1. The van der Waals surface area contributed by atoms with E-state index >= 15 is 0 Å². The van der Waals surface area contributed by atoms with Gasteiger partial charge in [-0.05, 0) is 50.2 Å². The molecule has 152 valence electrons. The number of fused-ring (bicyclic) bond motifs is 1. The Kier molecular flexibility index (Phi) is 4.71. The summed E-state index contributed by atoms with van der Waals surface area (Å²) in [5.74, 6) is 0.785. The molecule has 0 bridgehead atoms. The molecule has 1 aromatic carbocycles. The molecule has 1 aliphatic rings. The van der Waals surface area contributed by atoms with Crippen LogP contribution in [-0.2, 0) is 0 Å². The van der Waals surface area contributed by atoms with Gasteiger partial charge in [0, 0.05) is 55.5 Å². The van der Waals surface area contributed by atoms with Gasteiger partial charge in [0.1, 0.15) is 0 Å². The Bertz CT molecular complexity index is 1190. The molecule has 0 radical (unpaired) electrons. The number of thiazole rings is 1. The van der Waals surface area contributed by atoms with Crippen LogP contribution in [0.5, 0.6) is 0 Å². The van der Waals surface area contributed by atoms with Crippen molar-refractivity contribution in [1.29, 1.82) is 0 Å². The molecule has 0 unspecified atom stereocenters. The van der Waals surface area contributed by atoms with E-state index in [1.165, 1.54) is 0 Å². The smallest absolute Gasteiger partial charge is 0.254 e. The molecule has 5 rings (SSSR count). The largest absolute Gasteiger partial charge is 0.337 e. The highest BCUT2D eigenvalue weighted by Crippen LogP contribution is 2.28. The monoisotopic (exact) mass is 418 g/mol.